The minimum atomic E-state index is -7.56. The fourth-order valence-electron chi connectivity index (χ4n) is 2.57. The van der Waals surface area contributed by atoms with E-state index in [1.54, 1.807) is 0 Å². The normalized spacial score (nSPS) is 15.2. The highest BCUT2D eigenvalue weighted by atomic mass is 19.4. The number of carbonyl (C=O) groups excluding carboxylic acids is 1. The summed E-state index contributed by atoms with van der Waals surface area (Å²) in [6.07, 6.45) is -21.8. The summed E-state index contributed by atoms with van der Waals surface area (Å²) in [7, 11) is 0. The fourth-order valence-corrected chi connectivity index (χ4v) is 2.57. The van der Waals surface area contributed by atoms with Crippen molar-refractivity contribution in [2.24, 2.45) is 0 Å². The minimum Gasteiger partial charge on any atom is -0.508 e. The quantitative estimate of drug-likeness (QED) is 0.224. The number of hydrogen-bond donors (Lipinski definition) is 1. The summed E-state index contributed by atoms with van der Waals surface area (Å²) in [5.74, 6) is -5.03. The largest absolute Gasteiger partial charge is 0.508 e. The van der Waals surface area contributed by atoms with Crippen molar-refractivity contribution in [3.63, 3.8) is 0 Å². The van der Waals surface area contributed by atoms with Crippen LogP contribution in [-0.4, -0.2) is 46.5 Å². The molecule has 2 aromatic carbocycles. The molecule has 1 atom stereocenters. The van der Waals surface area contributed by atoms with Crippen LogP contribution in [0.1, 0.15) is 0 Å². The van der Waals surface area contributed by atoms with Crippen molar-refractivity contribution in [3.8, 4) is 22.6 Å². The van der Waals surface area contributed by atoms with Gasteiger partial charge in [0.15, 0.2) is 0 Å². The van der Waals surface area contributed by atoms with Crippen LogP contribution in [0.25, 0.3) is 11.1 Å². The van der Waals surface area contributed by atoms with Gasteiger partial charge in [-0.2, -0.15) is 48.3 Å². The van der Waals surface area contributed by atoms with Crippen molar-refractivity contribution in [1.29, 1.82) is 0 Å². The molecule has 0 aromatic heterocycles. The van der Waals surface area contributed by atoms with Crippen LogP contribution in [-0.2, 0) is 4.79 Å². The van der Waals surface area contributed by atoms with Gasteiger partial charge in [0.1, 0.15) is 11.5 Å². The molecule has 34 heavy (non-hydrogen) atoms. The molecule has 0 aliphatic carbocycles. The molecule has 1 N–H and O–H groups in total. The van der Waals surface area contributed by atoms with E-state index in [0.29, 0.717) is 17.7 Å². The van der Waals surface area contributed by atoms with Crippen LogP contribution in [0.15, 0.2) is 48.5 Å². The average molecular weight is 515 g/mol. The standard InChI is InChI=1S/C18H9F12NO3/c19-14(15(20,21)22,16(23,24)31(17(25,26)27)18(28,29)30)13(33)34-12-7-3-10(4-8-12)9-1-5-11(32)6-2-9/h1-8,32H/t14-/m0/s1. The molecule has 0 bridgehead atoms. The van der Waals surface area contributed by atoms with Crippen LogP contribution in [0, 0.1) is 0 Å². The second kappa shape index (κ2) is 8.56. The van der Waals surface area contributed by atoms with Gasteiger partial charge < -0.3 is 9.84 Å². The van der Waals surface area contributed by atoms with Gasteiger partial charge >= 0.3 is 36.5 Å². The van der Waals surface area contributed by atoms with Gasteiger partial charge in [-0.3, -0.25) is 0 Å². The molecule has 2 aromatic rings. The van der Waals surface area contributed by atoms with Crippen molar-refractivity contribution in [2.45, 2.75) is 30.5 Å². The second-order valence-electron chi connectivity index (χ2n) is 6.43. The first-order chi connectivity index (χ1) is 15.2. The molecule has 0 fully saturated rings. The number of aromatic hydroxyl groups is 1. The summed E-state index contributed by atoms with van der Waals surface area (Å²) in [5.41, 5.74) is -6.50. The zero-order valence-corrected chi connectivity index (χ0v) is 15.9. The van der Waals surface area contributed by atoms with Gasteiger partial charge in [-0.25, -0.2) is 9.18 Å². The Balaban J connectivity index is 2.47. The van der Waals surface area contributed by atoms with Crippen LogP contribution in [0.4, 0.5) is 52.7 Å². The van der Waals surface area contributed by atoms with Crippen LogP contribution < -0.4 is 4.74 Å². The van der Waals surface area contributed by atoms with Crippen LogP contribution >= 0.6 is 0 Å². The summed E-state index contributed by atoms with van der Waals surface area (Å²) in [6, 6.07) is 0.757. The molecule has 16 heteroatoms. The number of alkyl halides is 12. The third-order valence-corrected chi connectivity index (χ3v) is 4.14. The van der Waals surface area contributed by atoms with E-state index in [9.17, 15) is 62.6 Å². The lowest BCUT2D eigenvalue weighted by atomic mass is 10.0. The Labute approximate surface area is 180 Å². The van der Waals surface area contributed by atoms with Crippen LogP contribution in [0.5, 0.6) is 11.5 Å². The number of halogens is 12. The van der Waals surface area contributed by atoms with Gasteiger partial charge in [0, 0.05) is 0 Å². The number of phenols is 1. The lowest BCUT2D eigenvalue weighted by molar-refractivity contribution is -0.469. The summed E-state index contributed by atoms with van der Waals surface area (Å²) in [5, 5.41) is 9.20. The van der Waals surface area contributed by atoms with E-state index in [1.165, 1.54) is 24.3 Å². The number of rotatable bonds is 5. The SMILES string of the molecule is O=C(Oc1ccc(-c2ccc(O)cc2)cc1)[C@](F)(C(F)(F)F)C(F)(F)N(C(F)(F)F)C(F)(F)F. The summed E-state index contributed by atoms with van der Waals surface area (Å²) in [4.78, 5) is 7.72. The number of benzene rings is 2. The lowest BCUT2D eigenvalue weighted by Gasteiger charge is -2.40. The van der Waals surface area contributed by atoms with Crippen molar-refractivity contribution in [2.75, 3.05) is 0 Å². The van der Waals surface area contributed by atoms with Gasteiger partial charge in [-0.15, -0.1) is 0 Å². The van der Waals surface area contributed by atoms with E-state index in [2.05, 4.69) is 4.74 Å². The summed E-state index contributed by atoms with van der Waals surface area (Å²) in [6.45, 7) is 0. The van der Waals surface area contributed by atoms with Gasteiger partial charge in [0.25, 0.3) is 0 Å². The molecule has 0 amide bonds. The van der Waals surface area contributed by atoms with Crippen molar-refractivity contribution >= 4 is 5.97 Å². The Hall–Kier alpha value is -3.17. The van der Waals surface area contributed by atoms with Crippen molar-refractivity contribution in [3.05, 3.63) is 48.5 Å². The fraction of sp³-hybridized carbons (Fsp3) is 0.278. The first-order valence-corrected chi connectivity index (χ1v) is 8.42. The average Bonchev–Trinajstić information content (AvgIpc) is 2.64. The molecule has 2 rings (SSSR count). The Morgan fingerprint density at radius 1 is 0.676 bits per heavy atom. The predicted molar refractivity (Wildman–Crippen MR) is 88.0 cm³/mol. The molecule has 0 saturated heterocycles. The maximum Gasteiger partial charge on any atom is 0.472 e. The molecule has 188 valence electrons. The number of ether oxygens (including phenoxy) is 1. The zero-order chi connectivity index (χ0) is 26.3. The molecular weight excluding hydrogens is 506 g/mol. The number of esters is 1. The Kier molecular flexibility index (Phi) is 6.81. The third-order valence-electron chi connectivity index (χ3n) is 4.14. The molecule has 0 aliphatic rings. The van der Waals surface area contributed by atoms with Crippen LogP contribution in [0.2, 0.25) is 0 Å². The third kappa shape index (κ3) is 5.00. The highest BCUT2D eigenvalue weighted by molar-refractivity contribution is 5.84. The van der Waals surface area contributed by atoms with Gasteiger partial charge in [0.2, 0.25) is 0 Å². The Morgan fingerprint density at radius 3 is 1.41 bits per heavy atom. The first kappa shape index (κ1) is 27.1. The lowest BCUT2D eigenvalue weighted by Crippen LogP contribution is -2.73. The van der Waals surface area contributed by atoms with Gasteiger partial charge in [0.05, 0.1) is 0 Å². The van der Waals surface area contributed by atoms with Gasteiger partial charge in [-0.1, -0.05) is 29.2 Å². The molecule has 0 radical (unpaired) electrons. The first-order valence-electron chi connectivity index (χ1n) is 8.42. The molecule has 0 aliphatic heterocycles. The molecule has 0 heterocycles. The monoisotopic (exact) mass is 515 g/mol. The maximum atomic E-state index is 14.4. The van der Waals surface area contributed by atoms with E-state index in [4.69, 9.17) is 0 Å². The van der Waals surface area contributed by atoms with Crippen molar-refractivity contribution < 1.29 is 67.3 Å². The maximum absolute atomic E-state index is 14.4. The predicted octanol–water partition coefficient (Wildman–Crippen LogP) is 6.17. The van der Waals surface area contributed by atoms with Crippen LogP contribution in [0.3, 0.4) is 0 Å². The molecule has 0 unspecified atom stereocenters. The topological polar surface area (TPSA) is 49.8 Å². The second-order valence-corrected chi connectivity index (χ2v) is 6.43. The molecule has 4 nitrogen and oxygen atoms in total. The minimum absolute atomic E-state index is 0.145. The zero-order valence-electron chi connectivity index (χ0n) is 15.9. The molecule has 0 spiro atoms. The van der Waals surface area contributed by atoms with E-state index in [1.807, 2.05) is 0 Å². The van der Waals surface area contributed by atoms with E-state index in [0.717, 1.165) is 12.1 Å². The Bertz CT molecular complexity index is 999. The van der Waals surface area contributed by atoms with E-state index >= 15 is 0 Å². The van der Waals surface area contributed by atoms with Gasteiger partial charge in [-0.05, 0) is 35.4 Å². The molecule has 0 saturated carbocycles. The van der Waals surface area contributed by atoms with Crippen molar-refractivity contribution in [1.82, 2.24) is 4.90 Å². The summed E-state index contributed by atoms with van der Waals surface area (Å²) >= 11 is 0. The highest BCUT2D eigenvalue weighted by Gasteiger charge is 2.85. The number of nitrogens with zero attached hydrogens (tertiary/aromatic N) is 1. The number of hydrogen-bond acceptors (Lipinski definition) is 4. The Morgan fingerprint density at radius 2 is 1.06 bits per heavy atom. The van der Waals surface area contributed by atoms with E-state index in [-0.39, 0.29) is 11.3 Å². The smallest absolute Gasteiger partial charge is 0.472 e. The number of phenolic OH excluding ortho intramolecular Hbond substituents is 1. The molecular formula is C18H9F12NO3. The van der Waals surface area contributed by atoms with E-state index < -0.39 is 47.1 Å². The summed E-state index contributed by atoms with van der Waals surface area (Å²) < 4.78 is 161. The number of carbonyl (C=O) groups is 1. The highest BCUT2D eigenvalue weighted by Crippen LogP contribution is 2.53.